The van der Waals surface area contributed by atoms with E-state index < -0.39 is 0 Å². The van der Waals surface area contributed by atoms with Crippen LogP contribution in [0.1, 0.15) is 10.1 Å². The molecule has 0 N–H and O–H groups in total. The van der Waals surface area contributed by atoms with Crippen LogP contribution in [0.25, 0.3) is 11.0 Å². The van der Waals surface area contributed by atoms with E-state index in [2.05, 4.69) is 22.9 Å². The van der Waals surface area contributed by atoms with Gasteiger partial charge in [0.05, 0.1) is 10.8 Å². The van der Waals surface area contributed by atoms with Crippen molar-refractivity contribution in [2.75, 3.05) is 0 Å². The summed E-state index contributed by atoms with van der Waals surface area (Å²) in [6, 6.07) is 8.19. The van der Waals surface area contributed by atoms with Crippen molar-refractivity contribution in [3.8, 4) is 0 Å². The predicted molar refractivity (Wildman–Crippen MR) is 63.3 cm³/mol. The number of furan rings is 1. The maximum atomic E-state index is 5.51. The summed E-state index contributed by atoms with van der Waals surface area (Å²) in [5, 5.41) is 5.51. The van der Waals surface area contributed by atoms with Crippen molar-refractivity contribution in [2.24, 2.45) is 0 Å². The molecule has 0 radical (unpaired) electrons. The van der Waals surface area contributed by atoms with E-state index in [4.69, 9.17) is 4.42 Å². The molecule has 3 rings (SSSR count). The monoisotopic (exact) mass is 220 g/mol. The van der Waals surface area contributed by atoms with Crippen molar-refractivity contribution < 1.29 is 4.42 Å². The molecule has 1 aromatic carbocycles. The van der Waals surface area contributed by atoms with Crippen LogP contribution in [0.2, 0.25) is 0 Å². The third-order valence-electron chi connectivity index (χ3n) is 2.22. The van der Waals surface area contributed by atoms with Gasteiger partial charge in [0.2, 0.25) is 0 Å². The van der Waals surface area contributed by atoms with Gasteiger partial charge in [0.15, 0.2) is 0 Å². The third kappa shape index (κ3) is 1.28. The molecule has 14 heavy (non-hydrogen) atoms. The largest absolute Gasteiger partial charge is 0.464 e. The lowest BCUT2D eigenvalue weighted by Crippen LogP contribution is -1.80. The van der Waals surface area contributed by atoms with Crippen molar-refractivity contribution in [1.82, 2.24) is 0 Å². The summed E-state index contributed by atoms with van der Waals surface area (Å²) >= 11 is 3.67. The van der Waals surface area contributed by atoms with Crippen LogP contribution < -0.4 is 0 Å². The molecule has 0 fully saturated rings. The summed E-state index contributed by atoms with van der Waals surface area (Å²) < 4.78 is 5.98. The fourth-order valence-corrected chi connectivity index (χ4v) is 3.66. The topological polar surface area (TPSA) is 13.1 Å². The van der Waals surface area contributed by atoms with Crippen molar-refractivity contribution in [1.29, 1.82) is 0 Å². The van der Waals surface area contributed by atoms with Crippen molar-refractivity contribution >= 4 is 34.5 Å². The fourth-order valence-electron chi connectivity index (χ4n) is 1.57. The Bertz CT molecular complexity index is 479. The minimum atomic E-state index is 0.471. The molecule has 1 aliphatic rings. The van der Waals surface area contributed by atoms with Crippen molar-refractivity contribution in [3.63, 3.8) is 0 Å². The zero-order chi connectivity index (χ0) is 9.38. The zero-order valence-corrected chi connectivity index (χ0v) is 8.98. The lowest BCUT2D eigenvalue weighted by Gasteiger charge is -2.04. The Morgan fingerprint density at radius 1 is 1.07 bits per heavy atom. The maximum Gasteiger partial charge on any atom is 0.134 e. The van der Waals surface area contributed by atoms with Crippen molar-refractivity contribution in [3.05, 3.63) is 46.9 Å². The van der Waals surface area contributed by atoms with E-state index in [9.17, 15) is 0 Å². The molecule has 0 aliphatic carbocycles. The first-order valence-electron chi connectivity index (χ1n) is 4.37. The van der Waals surface area contributed by atoms with Gasteiger partial charge in [-0.15, -0.1) is 23.5 Å². The van der Waals surface area contributed by atoms with Gasteiger partial charge in [0.25, 0.3) is 0 Å². The van der Waals surface area contributed by atoms with Gasteiger partial charge in [-0.3, -0.25) is 0 Å². The average molecular weight is 220 g/mol. The van der Waals surface area contributed by atoms with Crippen LogP contribution in [0.15, 0.2) is 45.8 Å². The number of hydrogen-bond donors (Lipinski definition) is 0. The number of rotatable bonds is 1. The molecular weight excluding hydrogens is 212 g/mol. The van der Waals surface area contributed by atoms with E-state index in [0.717, 1.165) is 5.58 Å². The number of benzene rings is 1. The lowest BCUT2D eigenvalue weighted by molar-refractivity contribution is 0.612. The normalized spacial score (nSPS) is 16.9. The van der Waals surface area contributed by atoms with E-state index in [1.165, 1.54) is 10.9 Å². The highest BCUT2D eigenvalue weighted by Gasteiger charge is 2.18. The smallest absolute Gasteiger partial charge is 0.134 e. The molecule has 0 amide bonds. The standard InChI is InChI=1S/C11H8OS2/c1-2-4-10-8(3-1)9(7-12-10)11-13-5-6-14-11/h1-7,11H. The molecule has 0 saturated carbocycles. The van der Waals surface area contributed by atoms with Crippen molar-refractivity contribution in [2.45, 2.75) is 4.58 Å². The Hall–Kier alpha value is -0.800. The second-order valence-corrected chi connectivity index (χ2v) is 5.39. The molecule has 0 atom stereocenters. The highest BCUT2D eigenvalue weighted by atomic mass is 32.2. The Labute approximate surface area is 90.6 Å². The summed E-state index contributed by atoms with van der Waals surface area (Å²) in [4.78, 5) is 0. The Morgan fingerprint density at radius 3 is 2.71 bits per heavy atom. The minimum absolute atomic E-state index is 0.471. The lowest BCUT2D eigenvalue weighted by atomic mass is 10.2. The summed E-state index contributed by atoms with van der Waals surface area (Å²) in [5.74, 6) is 0. The van der Waals surface area contributed by atoms with E-state index >= 15 is 0 Å². The fraction of sp³-hybridized carbons (Fsp3) is 0.0909. The number of hydrogen-bond acceptors (Lipinski definition) is 3. The predicted octanol–water partition coefficient (Wildman–Crippen LogP) is 4.38. The first kappa shape index (κ1) is 8.50. The van der Waals surface area contributed by atoms with Crippen LogP contribution in [0.3, 0.4) is 0 Å². The van der Waals surface area contributed by atoms with Gasteiger partial charge in [-0.2, -0.15) is 0 Å². The Balaban J connectivity index is 2.12. The molecule has 70 valence electrons. The highest BCUT2D eigenvalue weighted by Crippen LogP contribution is 2.48. The minimum Gasteiger partial charge on any atom is -0.464 e. The van der Waals surface area contributed by atoms with Crippen LogP contribution in [0, 0.1) is 0 Å². The molecule has 0 bridgehead atoms. The molecular formula is C11H8OS2. The van der Waals surface area contributed by atoms with Crippen LogP contribution in [-0.2, 0) is 0 Å². The first-order chi connectivity index (χ1) is 6.95. The molecule has 3 heteroatoms. The highest BCUT2D eigenvalue weighted by molar-refractivity contribution is 8.21. The van der Waals surface area contributed by atoms with Gasteiger partial charge in [-0.05, 0) is 16.9 Å². The van der Waals surface area contributed by atoms with E-state index in [1.54, 1.807) is 0 Å². The average Bonchev–Trinajstić information content (AvgIpc) is 2.85. The van der Waals surface area contributed by atoms with E-state index in [-0.39, 0.29) is 0 Å². The Morgan fingerprint density at radius 2 is 1.86 bits per heavy atom. The molecule has 1 nitrogen and oxygen atoms in total. The van der Waals surface area contributed by atoms with Gasteiger partial charge < -0.3 is 4.42 Å². The summed E-state index contributed by atoms with van der Waals surface area (Å²) in [5.41, 5.74) is 2.27. The zero-order valence-electron chi connectivity index (χ0n) is 7.34. The second-order valence-electron chi connectivity index (χ2n) is 3.06. The van der Waals surface area contributed by atoms with Gasteiger partial charge >= 0.3 is 0 Å². The van der Waals surface area contributed by atoms with Crippen LogP contribution in [0.5, 0.6) is 0 Å². The van der Waals surface area contributed by atoms with Crippen LogP contribution >= 0.6 is 23.5 Å². The number of thioether (sulfide) groups is 2. The molecule has 2 heterocycles. The molecule has 0 spiro atoms. The van der Waals surface area contributed by atoms with Crippen LogP contribution in [0.4, 0.5) is 0 Å². The van der Waals surface area contributed by atoms with E-state index in [1.807, 2.05) is 41.9 Å². The quantitative estimate of drug-likeness (QED) is 0.708. The molecule has 1 aliphatic heterocycles. The number of para-hydroxylation sites is 1. The van der Waals surface area contributed by atoms with E-state index in [0.29, 0.717) is 4.58 Å². The summed E-state index contributed by atoms with van der Waals surface area (Å²) in [7, 11) is 0. The Kier molecular flexibility index (Phi) is 2.07. The SMILES string of the molecule is C1=CSC(c2coc3ccccc23)S1. The third-order valence-corrected chi connectivity index (χ3v) is 4.65. The second kappa shape index (κ2) is 3.41. The van der Waals surface area contributed by atoms with Crippen LogP contribution in [-0.4, -0.2) is 0 Å². The first-order valence-corrected chi connectivity index (χ1v) is 6.26. The summed E-state index contributed by atoms with van der Waals surface area (Å²) in [6.07, 6.45) is 1.88. The van der Waals surface area contributed by atoms with Gasteiger partial charge in [0.1, 0.15) is 5.58 Å². The van der Waals surface area contributed by atoms with Gasteiger partial charge in [0, 0.05) is 10.9 Å². The van der Waals surface area contributed by atoms with Gasteiger partial charge in [-0.25, -0.2) is 0 Å². The molecule has 1 aromatic heterocycles. The molecule has 2 aromatic rings. The molecule has 0 unspecified atom stereocenters. The maximum absolute atomic E-state index is 5.51. The summed E-state index contributed by atoms with van der Waals surface area (Å²) in [6.45, 7) is 0. The number of fused-ring (bicyclic) bond motifs is 1. The molecule has 0 saturated heterocycles. The van der Waals surface area contributed by atoms with Gasteiger partial charge in [-0.1, -0.05) is 18.2 Å².